The van der Waals surface area contributed by atoms with E-state index in [1.165, 1.54) is 6.20 Å². The Morgan fingerprint density at radius 1 is 0.917 bits per heavy atom. The molecule has 13 heteroatoms. The van der Waals surface area contributed by atoms with E-state index in [1.54, 1.807) is 52.5 Å². The number of imide groups is 1. The number of aromatic nitrogens is 2. The fourth-order valence-corrected chi connectivity index (χ4v) is 5.75. The highest BCUT2D eigenvalue weighted by molar-refractivity contribution is 6.39. The molecule has 2 fully saturated rings. The number of likely N-dealkylation sites (N-methyl/N-ethyl adjacent to an activating group) is 1. The van der Waals surface area contributed by atoms with E-state index in [1.807, 2.05) is 25.3 Å². The molecule has 2 atom stereocenters. The van der Waals surface area contributed by atoms with Gasteiger partial charge in [0.25, 0.3) is 0 Å². The number of likely N-dealkylation sites (tertiary alicyclic amines) is 1. The SMILES string of the molecule is CCc1cc(NC(=O)C(=O)N2C[C@@H](C)CCC2c2ccc(N3CCN(C)CC3)nc2)cnc1N(C(=O)OC(C)(C)C)C(=O)OC(C)(C)C. The number of piperazine rings is 1. The average Bonchev–Trinajstić information content (AvgIpc) is 3.00. The van der Waals surface area contributed by atoms with Crippen LogP contribution < -0.4 is 15.1 Å². The van der Waals surface area contributed by atoms with Crippen molar-refractivity contribution >= 4 is 41.3 Å². The number of nitrogens with one attached hydrogen (secondary N) is 1. The summed E-state index contributed by atoms with van der Waals surface area (Å²) >= 11 is 0. The summed E-state index contributed by atoms with van der Waals surface area (Å²) in [6, 6.07) is 5.32. The minimum absolute atomic E-state index is 0.0164. The lowest BCUT2D eigenvalue weighted by molar-refractivity contribution is -0.146. The van der Waals surface area contributed by atoms with E-state index in [9.17, 15) is 19.2 Å². The van der Waals surface area contributed by atoms with Gasteiger partial charge in [0.05, 0.1) is 17.9 Å². The normalized spacial score (nSPS) is 19.0. The second-order valence-electron chi connectivity index (χ2n) is 14.7. The van der Waals surface area contributed by atoms with Gasteiger partial charge in [-0.15, -0.1) is 0 Å². The first-order valence-electron chi connectivity index (χ1n) is 16.7. The molecular formula is C35H51N7O6. The van der Waals surface area contributed by atoms with E-state index >= 15 is 0 Å². The standard InChI is InChI=1S/C35H51N7O6/c1-10-24-19-26(21-37-29(24)42(32(45)47-34(3,4)5)33(46)48-35(6,7)8)38-30(43)31(44)41-22-23(2)11-13-27(41)25-12-14-28(36-20-25)40-17-15-39(9)16-18-40/h12,14,19-21,23,27H,10-11,13,15-18,22H2,1-9H3,(H,38,43)/t23-,27?/m0/s1. The van der Waals surface area contributed by atoms with Crippen molar-refractivity contribution < 1.29 is 28.7 Å². The third-order valence-electron chi connectivity index (χ3n) is 8.20. The molecule has 0 aromatic carbocycles. The number of aryl methyl sites for hydroxylation is 1. The molecule has 0 bridgehead atoms. The van der Waals surface area contributed by atoms with E-state index in [0.29, 0.717) is 18.5 Å². The Kier molecular flexibility index (Phi) is 11.3. The highest BCUT2D eigenvalue weighted by Crippen LogP contribution is 2.34. The minimum atomic E-state index is -0.942. The number of nitrogens with zero attached hydrogens (tertiary/aromatic N) is 6. The Hall–Kier alpha value is -4.26. The topological polar surface area (TPSA) is 138 Å². The molecule has 4 rings (SSSR count). The first kappa shape index (κ1) is 36.6. The Morgan fingerprint density at radius 3 is 2.08 bits per heavy atom. The van der Waals surface area contributed by atoms with Crippen molar-refractivity contribution in [2.45, 2.75) is 91.9 Å². The molecule has 0 saturated carbocycles. The quantitative estimate of drug-likeness (QED) is 0.413. The molecule has 13 nitrogen and oxygen atoms in total. The van der Waals surface area contributed by atoms with Crippen molar-refractivity contribution in [3.8, 4) is 0 Å². The van der Waals surface area contributed by atoms with Crippen molar-refractivity contribution in [3.05, 3.63) is 41.7 Å². The lowest BCUT2D eigenvalue weighted by Gasteiger charge is -2.38. The van der Waals surface area contributed by atoms with Gasteiger partial charge in [-0.05, 0) is 97.0 Å². The van der Waals surface area contributed by atoms with Gasteiger partial charge in [-0.25, -0.2) is 19.6 Å². The molecule has 0 spiro atoms. The van der Waals surface area contributed by atoms with Gasteiger partial charge < -0.3 is 29.5 Å². The number of anilines is 3. The van der Waals surface area contributed by atoms with Crippen LogP contribution in [-0.4, -0.2) is 94.7 Å². The maximum Gasteiger partial charge on any atom is 0.425 e. The van der Waals surface area contributed by atoms with Crippen LogP contribution in [0.25, 0.3) is 0 Å². The number of amides is 4. The van der Waals surface area contributed by atoms with E-state index in [4.69, 9.17) is 14.5 Å². The molecule has 2 aromatic heterocycles. The summed E-state index contributed by atoms with van der Waals surface area (Å²) in [4.78, 5) is 69.5. The van der Waals surface area contributed by atoms with Crippen molar-refractivity contribution in [2.75, 3.05) is 54.9 Å². The van der Waals surface area contributed by atoms with Gasteiger partial charge in [-0.2, -0.15) is 4.90 Å². The average molecular weight is 666 g/mol. The van der Waals surface area contributed by atoms with E-state index in [-0.39, 0.29) is 23.5 Å². The summed E-state index contributed by atoms with van der Waals surface area (Å²) in [6.07, 6.45) is 3.24. The highest BCUT2D eigenvalue weighted by atomic mass is 16.6. The second kappa shape index (κ2) is 14.9. The number of carbonyl (C=O) groups is 4. The zero-order valence-electron chi connectivity index (χ0n) is 29.8. The van der Waals surface area contributed by atoms with Crippen LogP contribution in [0, 0.1) is 5.92 Å². The molecule has 2 aromatic rings. The van der Waals surface area contributed by atoms with E-state index < -0.39 is 35.2 Å². The Morgan fingerprint density at radius 2 is 1.54 bits per heavy atom. The summed E-state index contributed by atoms with van der Waals surface area (Å²) < 4.78 is 11.0. The van der Waals surface area contributed by atoms with Gasteiger partial charge in [-0.1, -0.05) is 19.9 Å². The van der Waals surface area contributed by atoms with Gasteiger partial charge in [0.2, 0.25) is 0 Å². The Bertz CT molecular complexity index is 1450. The fraction of sp³-hybridized carbons (Fsp3) is 0.600. The molecule has 2 aliphatic rings. The summed E-state index contributed by atoms with van der Waals surface area (Å²) in [5.74, 6) is -0.297. The van der Waals surface area contributed by atoms with E-state index in [0.717, 1.165) is 55.3 Å². The van der Waals surface area contributed by atoms with Gasteiger partial charge in [-0.3, -0.25) is 9.59 Å². The van der Waals surface area contributed by atoms with Crippen LogP contribution in [0.2, 0.25) is 0 Å². The first-order chi connectivity index (χ1) is 22.5. The van der Waals surface area contributed by atoms with Crippen LogP contribution >= 0.6 is 0 Å². The number of hydrogen-bond acceptors (Lipinski definition) is 10. The van der Waals surface area contributed by atoms with Gasteiger partial charge in [0.1, 0.15) is 17.0 Å². The number of pyridine rings is 2. The zero-order chi connectivity index (χ0) is 35.4. The third-order valence-corrected chi connectivity index (χ3v) is 8.20. The highest BCUT2D eigenvalue weighted by Gasteiger charge is 2.37. The smallest absolute Gasteiger partial charge is 0.425 e. The molecule has 1 unspecified atom stereocenters. The van der Waals surface area contributed by atoms with Crippen LogP contribution in [0.3, 0.4) is 0 Å². The summed E-state index contributed by atoms with van der Waals surface area (Å²) in [5, 5.41) is 2.69. The van der Waals surface area contributed by atoms with Gasteiger partial charge in [0.15, 0.2) is 5.82 Å². The Labute approximate surface area is 284 Å². The van der Waals surface area contributed by atoms with Crippen LogP contribution in [0.1, 0.15) is 85.4 Å². The van der Waals surface area contributed by atoms with Crippen LogP contribution in [0.15, 0.2) is 30.6 Å². The predicted molar refractivity (Wildman–Crippen MR) is 184 cm³/mol. The number of piperidine rings is 1. The van der Waals surface area contributed by atoms with E-state index in [2.05, 4.69) is 34.1 Å². The predicted octanol–water partition coefficient (Wildman–Crippen LogP) is 5.41. The maximum absolute atomic E-state index is 13.7. The Balaban J connectivity index is 1.53. The molecule has 4 amide bonds. The largest absolute Gasteiger partial charge is 0.443 e. The number of carbonyl (C=O) groups excluding carboxylic acids is 4. The maximum atomic E-state index is 13.7. The fourth-order valence-electron chi connectivity index (χ4n) is 5.75. The summed E-state index contributed by atoms with van der Waals surface area (Å²) in [6.45, 7) is 18.2. The number of ether oxygens (including phenoxy) is 2. The molecular weight excluding hydrogens is 614 g/mol. The lowest BCUT2D eigenvalue weighted by atomic mass is 9.90. The summed E-state index contributed by atoms with van der Waals surface area (Å²) in [7, 11) is 2.11. The van der Waals surface area contributed by atoms with Crippen LogP contribution in [0.5, 0.6) is 0 Å². The number of rotatable bonds is 5. The lowest BCUT2D eigenvalue weighted by Crippen LogP contribution is -2.46. The van der Waals surface area contributed by atoms with Crippen molar-refractivity contribution in [1.82, 2.24) is 19.8 Å². The molecule has 48 heavy (non-hydrogen) atoms. The number of hydrogen-bond donors (Lipinski definition) is 1. The second-order valence-corrected chi connectivity index (χ2v) is 14.7. The monoisotopic (exact) mass is 665 g/mol. The minimum Gasteiger partial charge on any atom is -0.443 e. The molecule has 0 aliphatic carbocycles. The third kappa shape index (κ3) is 9.42. The molecule has 2 saturated heterocycles. The van der Waals surface area contributed by atoms with Crippen molar-refractivity contribution in [1.29, 1.82) is 0 Å². The van der Waals surface area contributed by atoms with Gasteiger partial charge in [0, 0.05) is 38.9 Å². The molecule has 0 radical (unpaired) electrons. The summed E-state index contributed by atoms with van der Waals surface area (Å²) in [5.41, 5.74) is -0.158. The van der Waals surface area contributed by atoms with Crippen molar-refractivity contribution in [2.24, 2.45) is 5.92 Å². The molecule has 4 heterocycles. The zero-order valence-corrected chi connectivity index (χ0v) is 29.8. The molecule has 1 N–H and O–H groups in total. The van der Waals surface area contributed by atoms with Crippen molar-refractivity contribution in [3.63, 3.8) is 0 Å². The van der Waals surface area contributed by atoms with Gasteiger partial charge >= 0.3 is 24.0 Å². The van der Waals surface area contributed by atoms with Crippen LogP contribution in [0.4, 0.5) is 26.9 Å². The first-order valence-corrected chi connectivity index (χ1v) is 16.7. The molecule has 2 aliphatic heterocycles. The molecule has 262 valence electrons. The van der Waals surface area contributed by atoms with Crippen LogP contribution in [-0.2, 0) is 25.5 Å².